The van der Waals surface area contributed by atoms with Crippen LogP contribution in [-0.2, 0) is 0 Å². The maximum absolute atomic E-state index is 6.18. The van der Waals surface area contributed by atoms with Crippen LogP contribution in [0.5, 0.6) is 11.5 Å². The minimum atomic E-state index is -0.0270. The van der Waals surface area contributed by atoms with Gasteiger partial charge in [-0.15, -0.1) is 0 Å². The summed E-state index contributed by atoms with van der Waals surface area (Å²) in [5.74, 6) is 1.60. The van der Waals surface area contributed by atoms with E-state index < -0.39 is 0 Å². The molecule has 5 heteroatoms. The van der Waals surface area contributed by atoms with Gasteiger partial charge in [0.05, 0.1) is 24.7 Å². The van der Waals surface area contributed by atoms with Crippen molar-refractivity contribution in [1.29, 1.82) is 0 Å². The van der Waals surface area contributed by atoms with Gasteiger partial charge in [-0.25, -0.2) is 0 Å². The van der Waals surface area contributed by atoms with Crippen LogP contribution in [0.15, 0.2) is 40.9 Å². The third-order valence-corrected chi connectivity index (χ3v) is 4.10. The fraction of sp³-hybridized carbons (Fsp3) is 0.250. The molecule has 0 aliphatic carbocycles. The zero-order chi connectivity index (χ0) is 15.4. The first-order valence-electron chi connectivity index (χ1n) is 6.44. The van der Waals surface area contributed by atoms with Crippen molar-refractivity contribution in [3.63, 3.8) is 0 Å². The van der Waals surface area contributed by atoms with Crippen molar-refractivity contribution in [2.75, 3.05) is 21.3 Å². The highest BCUT2D eigenvalue weighted by atomic mass is 79.9. The maximum atomic E-state index is 6.18. The van der Waals surface area contributed by atoms with Gasteiger partial charge in [-0.2, -0.15) is 0 Å². The second kappa shape index (κ2) is 7.16. The van der Waals surface area contributed by atoms with E-state index in [2.05, 4.69) is 21.2 Å². The zero-order valence-corrected chi connectivity index (χ0v) is 14.5. The van der Waals surface area contributed by atoms with E-state index in [9.17, 15) is 0 Å². The van der Waals surface area contributed by atoms with Crippen LogP contribution in [0.25, 0.3) is 0 Å². The fourth-order valence-electron chi connectivity index (χ4n) is 2.31. The molecule has 112 valence electrons. The Morgan fingerprint density at radius 2 is 1.76 bits per heavy atom. The van der Waals surface area contributed by atoms with Crippen molar-refractivity contribution in [2.45, 2.75) is 6.04 Å². The molecule has 0 radical (unpaired) electrons. The number of ether oxygens (including phenoxy) is 2. The molecule has 0 heterocycles. The Bertz CT molecular complexity index is 616. The van der Waals surface area contributed by atoms with Gasteiger partial charge >= 0.3 is 0 Å². The highest BCUT2D eigenvalue weighted by Gasteiger charge is 2.19. The van der Waals surface area contributed by atoms with E-state index in [0.717, 1.165) is 27.1 Å². The van der Waals surface area contributed by atoms with Crippen LogP contribution < -0.4 is 14.8 Å². The molecule has 0 fully saturated rings. The molecule has 1 unspecified atom stereocenters. The molecule has 0 bridgehead atoms. The number of hydrogen-bond donors (Lipinski definition) is 1. The third kappa shape index (κ3) is 3.51. The van der Waals surface area contributed by atoms with E-state index in [0.29, 0.717) is 5.02 Å². The molecule has 0 spiro atoms. The first-order chi connectivity index (χ1) is 10.1. The molecule has 1 atom stereocenters. The predicted octanol–water partition coefficient (Wildman–Crippen LogP) is 4.43. The van der Waals surface area contributed by atoms with E-state index >= 15 is 0 Å². The van der Waals surface area contributed by atoms with Gasteiger partial charge in [0.2, 0.25) is 0 Å². The molecule has 0 aliphatic heterocycles. The number of rotatable bonds is 5. The molecular formula is C16H17BrClNO2. The summed E-state index contributed by atoms with van der Waals surface area (Å²) in [7, 11) is 5.21. The molecule has 2 aromatic carbocycles. The molecule has 0 aromatic heterocycles. The minimum Gasteiger partial charge on any atom is -0.497 e. The molecule has 21 heavy (non-hydrogen) atoms. The van der Waals surface area contributed by atoms with Crippen molar-refractivity contribution in [1.82, 2.24) is 5.32 Å². The largest absolute Gasteiger partial charge is 0.497 e. The lowest BCUT2D eigenvalue weighted by Gasteiger charge is -2.21. The smallest absolute Gasteiger partial charge is 0.138 e. The van der Waals surface area contributed by atoms with Gasteiger partial charge in [-0.3, -0.25) is 0 Å². The molecular weight excluding hydrogens is 354 g/mol. The van der Waals surface area contributed by atoms with Crippen molar-refractivity contribution in [2.24, 2.45) is 0 Å². The molecule has 1 N–H and O–H groups in total. The Morgan fingerprint density at radius 1 is 1.10 bits per heavy atom. The average Bonchev–Trinajstić information content (AvgIpc) is 2.48. The Hall–Kier alpha value is -1.23. The van der Waals surface area contributed by atoms with E-state index in [1.54, 1.807) is 14.2 Å². The van der Waals surface area contributed by atoms with E-state index in [4.69, 9.17) is 21.1 Å². The lowest BCUT2D eigenvalue weighted by molar-refractivity contribution is 0.402. The fourth-order valence-corrected chi connectivity index (χ4v) is 3.30. The normalized spacial score (nSPS) is 12.0. The van der Waals surface area contributed by atoms with Crippen LogP contribution in [0.2, 0.25) is 5.02 Å². The summed E-state index contributed by atoms with van der Waals surface area (Å²) in [5, 5.41) is 3.96. The van der Waals surface area contributed by atoms with Crippen molar-refractivity contribution >= 4 is 27.5 Å². The Labute approximate surface area is 138 Å². The van der Waals surface area contributed by atoms with E-state index in [1.165, 1.54) is 0 Å². The average molecular weight is 371 g/mol. The second-order valence-corrected chi connectivity index (χ2v) is 5.80. The number of methoxy groups -OCH3 is 2. The standard InChI is InChI=1S/C16H17BrClNO2/c1-19-15(10-4-6-12(20-2)7-5-10)13-8-11(18)9-14(17)16(13)21-3/h4-9,15,19H,1-3H3. The first-order valence-corrected chi connectivity index (χ1v) is 7.62. The van der Waals surface area contributed by atoms with Crippen LogP contribution in [0.1, 0.15) is 17.2 Å². The predicted molar refractivity (Wildman–Crippen MR) is 89.6 cm³/mol. The van der Waals surface area contributed by atoms with E-state index in [-0.39, 0.29) is 6.04 Å². The molecule has 3 nitrogen and oxygen atoms in total. The molecule has 2 aromatic rings. The number of nitrogens with one attached hydrogen (secondary N) is 1. The molecule has 0 saturated carbocycles. The Kier molecular flexibility index (Phi) is 5.51. The summed E-state index contributed by atoms with van der Waals surface area (Å²) >= 11 is 9.68. The quantitative estimate of drug-likeness (QED) is 0.844. The van der Waals surface area contributed by atoms with Gasteiger partial charge in [0.15, 0.2) is 0 Å². The van der Waals surface area contributed by atoms with E-state index in [1.807, 2.05) is 43.4 Å². The van der Waals surface area contributed by atoms with Gasteiger partial charge in [0.25, 0.3) is 0 Å². The van der Waals surface area contributed by atoms with Gasteiger partial charge in [0, 0.05) is 10.6 Å². The van der Waals surface area contributed by atoms with Crippen LogP contribution in [0.4, 0.5) is 0 Å². The van der Waals surface area contributed by atoms with Crippen LogP contribution in [0, 0.1) is 0 Å². The second-order valence-electron chi connectivity index (χ2n) is 4.50. The topological polar surface area (TPSA) is 30.5 Å². The van der Waals surface area contributed by atoms with Gasteiger partial charge in [-0.1, -0.05) is 23.7 Å². The molecule has 0 saturated heterocycles. The summed E-state index contributed by atoms with van der Waals surface area (Å²) in [6.45, 7) is 0. The molecule has 0 amide bonds. The summed E-state index contributed by atoms with van der Waals surface area (Å²) in [6, 6.07) is 11.6. The summed E-state index contributed by atoms with van der Waals surface area (Å²) in [4.78, 5) is 0. The number of halogens is 2. The Balaban J connectivity index is 2.49. The highest BCUT2D eigenvalue weighted by Crippen LogP contribution is 2.38. The van der Waals surface area contributed by atoms with Crippen LogP contribution in [-0.4, -0.2) is 21.3 Å². The monoisotopic (exact) mass is 369 g/mol. The summed E-state index contributed by atoms with van der Waals surface area (Å²) in [6.07, 6.45) is 0. The van der Waals surface area contributed by atoms with Crippen LogP contribution >= 0.6 is 27.5 Å². The van der Waals surface area contributed by atoms with Crippen molar-refractivity contribution < 1.29 is 9.47 Å². The number of hydrogen-bond acceptors (Lipinski definition) is 3. The summed E-state index contributed by atoms with van der Waals surface area (Å²) < 4.78 is 11.5. The van der Waals surface area contributed by atoms with Gasteiger partial charge in [0.1, 0.15) is 11.5 Å². The zero-order valence-electron chi connectivity index (χ0n) is 12.1. The highest BCUT2D eigenvalue weighted by molar-refractivity contribution is 9.10. The summed E-state index contributed by atoms with van der Waals surface area (Å²) in [5.41, 5.74) is 2.08. The van der Waals surface area contributed by atoms with Crippen LogP contribution in [0.3, 0.4) is 0 Å². The van der Waals surface area contributed by atoms with Gasteiger partial charge in [-0.05, 0) is 52.8 Å². The number of benzene rings is 2. The molecule has 2 rings (SSSR count). The van der Waals surface area contributed by atoms with Crippen molar-refractivity contribution in [3.8, 4) is 11.5 Å². The minimum absolute atomic E-state index is 0.0270. The van der Waals surface area contributed by atoms with Gasteiger partial charge < -0.3 is 14.8 Å². The van der Waals surface area contributed by atoms with Crippen molar-refractivity contribution in [3.05, 3.63) is 57.0 Å². The lowest BCUT2D eigenvalue weighted by atomic mass is 9.98. The maximum Gasteiger partial charge on any atom is 0.138 e. The first kappa shape index (κ1) is 16.1. The third-order valence-electron chi connectivity index (χ3n) is 3.29. The lowest BCUT2D eigenvalue weighted by Crippen LogP contribution is -2.18. The SMILES string of the molecule is CNC(c1ccc(OC)cc1)c1cc(Cl)cc(Br)c1OC. The Morgan fingerprint density at radius 3 is 2.29 bits per heavy atom. The molecule has 0 aliphatic rings.